The number of imide groups is 1. The van der Waals surface area contributed by atoms with E-state index in [1.54, 1.807) is 24.3 Å². The van der Waals surface area contributed by atoms with E-state index in [-0.39, 0.29) is 23.3 Å². The summed E-state index contributed by atoms with van der Waals surface area (Å²) in [5, 5.41) is 0.944. The minimum Gasteiger partial charge on any atom is -0.414 e. The smallest absolute Gasteiger partial charge is 0.285 e. The van der Waals surface area contributed by atoms with Gasteiger partial charge >= 0.3 is 0 Å². The number of fused-ring (bicyclic) bond motifs is 1. The second kappa shape index (κ2) is 8.90. The molecule has 0 spiro atoms. The number of hydroxylamine groups is 2. The third-order valence-electron chi connectivity index (χ3n) is 6.88. The molecule has 2 amide bonds. The van der Waals surface area contributed by atoms with Crippen LogP contribution in [0.2, 0.25) is 36.3 Å². The predicted octanol–water partition coefficient (Wildman–Crippen LogP) is 5.63. The molecule has 0 fully saturated rings. The molecule has 174 valence electrons. The fourth-order valence-corrected chi connectivity index (χ4v) is 4.63. The van der Waals surface area contributed by atoms with Crippen LogP contribution in [0.4, 0.5) is 0 Å². The van der Waals surface area contributed by atoms with Crippen molar-refractivity contribution in [2.45, 2.75) is 83.9 Å². The average Bonchev–Trinajstić information content (AvgIpc) is 2.87. The summed E-state index contributed by atoms with van der Waals surface area (Å²) in [6.45, 7) is 22.2. The molecule has 1 aromatic rings. The Hall–Kier alpha value is -1.33. The zero-order valence-corrected chi connectivity index (χ0v) is 22.8. The van der Waals surface area contributed by atoms with Gasteiger partial charge < -0.3 is 8.85 Å². The highest BCUT2D eigenvalue weighted by Gasteiger charge is 2.42. The number of hydrogen-bond acceptors (Lipinski definition) is 5. The number of nitrogens with zero attached hydrogens (tertiary/aromatic N) is 1. The number of hydrogen-bond donors (Lipinski definition) is 0. The fraction of sp³-hybridized carbons (Fsp3) is 0.652. The summed E-state index contributed by atoms with van der Waals surface area (Å²) in [7, 11) is -4.09. The van der Waals surface area contributed by atoms with Crippen molar-refractivity contribution in [2.75, 3.05) is 13.2 Å². The van der Waals surface area contributed by atoms with Crippen LogP contribution in [0.25, 0.3) is 0 Å². The van der Waals surface area contributed by atoms with Gasteiger partial charge in [-0.2, -0.15) is 0 Å². The van der Waals surface area contributed by atoms with Crippen LogP contribution < -0.4 is 0 Å². The number of carbonyl (C=O) groups excluding carboxylic acids is 2. The molecule has 8 heteroatoms. The monoisotopic (exact) mass is 465 g/mol. The second-order valence-corrected chi connectivity index (χ2v) is 20.9. The van der Waals surface area contributed by atoms with Gasteiger partial charge in [0, 0.05) is 0 Å². The van der Waals surface area contributed by atoms with Crippen LogP contribution in [0.3, 0.4) is 0 Å². The summed E-state index contributed by atoms with van der Waals surface area (Å²) in [5.41, 5.74) is 0.726. The van der Waals surface area contributed by atoms with Crippen molar-refractivity contribution in [3.05, 3.63) is 35.4 Å². The normalized spacial score (nSPS) is 15.8. The Morgan fingerprint density at radius 1 is 0.774 bits per heavy atom. The maximum Gasteiger partial charge on any atom is 0.285 e. The first-order chi connectivity index (χ1) is 14.0. The van der Waals surface area contributed by atoms with E-state index in [9.17, 15) is 9.59 Å². The first-order valence-corrected chi connectivity index (χ1v) is 16.7. The molecule has 6 nitrogen and oxygen atoms in total. The maximum atomic E-state index is 12.8. The van der Waals surface area contributed by atoms with Gasteiger partial charge in [-0.15, -0.1) is 5.06 Å². The van der Waals surface area contributed by atoms with Crippen molar-refractivity contribution in [3.8, 4) is 0 Å². The Labute approximate surface area is 189 Å². The summed E-state index contributed by atoms with van der Waals surface area (Å²) in [6.07, 6.45) is -0.564. The molecule has 1 heterocycles. The third kappa shape index (κ3) is 5.73. The molecule has 0 saturated carbocycles. The molecular weight excluding hydrogens is 426 g/mol. The predicted molar refractivity (Wildman–Crippen MR) is 128 cm³/mol. The molecule has 1 aliphatic rings. The summed E-state index contributed by atoms with van der Waals surface area (Å²) in [4.78, 5) is 31.5. The first kappa shape index (κ1) is 25.9. The molecule has 0 aromatic heterocycles. The van der Waals surface area contributed by atoms with E-state index < -0.39 is 34.6 Å². The van der Waals surface area contributed by atoms with E-state index in [2.05, 4.69) is 67.7 Å². The van der Waals surface area contributed by atoms with Gasteiger partial charge in [-0.1, -0.05) is 53.7 Å². The van der Waals surface area contributed by atoms with Crippen LogP contribution in [-0.2, 0) is 13.7 Å². The Bertz CT molecular complexity index is 759. The minimum absolute atomic E-state index is 0.0351. The molecule has 0 atom stereocenters. The highest BCUT2D eigenvalue weighted by atomic mass is 28.4. The van der Waals surface area contributed by atoms with Gasteiger partial charge in [0.2, 0.25) is 0 Å². The molecule has 1 aliphatic heterocycles. The van der Waals surface area contributed by atoms with E-state index in [0.29, 0.717) is 11.1 Å². The highest BCUT2D eigenvalue weighted by molar-refractivity contribution is 6.74. The molecule has 0 N–H and O–H groups in total. The standard InChI is InChI=1S/C23H39NO5Si2/c1-22(2,3)30(7,8)27-15-17(16-28-31(9,10)23(4,5)6)29-24-20(25)18-13-11-12-14-19(18)21(24)26/h11-14,17H,15-16H2,1-10H3. The summed E-state index contributed by atoms with van der Waals surface area (Å²) >= 11 is 0. The lowest BCUT2D eigenvalue weighted by Crippen LogP contribution is -2.48. The Morgan fingerprint density at radius 3 is 1.45 bits per heavy atom. The Kier molecular flexibility index (Phi) is 7.44. The van der Waals surface area contributed by atoms with Crippen molar-refractivity contribution in [2.24, 2.45) is 0 Å². The van der Waals surface area contributed by atoms with Crippen LogP contribution in [0, 0.1) is 0 Å². The summed E-state index contributed by atoms with van der Waals surface area (Å²) < 4.78 is 12.7. The number of amides is 2. The lowest BCUT2D eigenvalue weighted by Gasteiger charge is -2.39. The largest absolute Gasteiger partial charge is 0.414 e. The van der Waals surface area contributed by atoms with Crippen molar-refractivity contribution in [1.82, 2.24) is 5.06 Å². The number of rotatable bonds is 8. The van der Waals surface area contributed by atoms with E-state index >= 15 is 0 Å². The van der Waals surface area contributed by atoms with Crippen molar-refractivity contribution >= 4 is 28.4 Å². The molecule has 31 heavy (non-hydrogen) atoms. The Balaban J connectivity index is 2.20. The van der Waals surface area contributed by atoms with E-state index in [4.69, 9.17) is 13.7 Å². The lowest BCUT2D eigenvalue weighted by molar-refractivity contribution is -0.152. The van der Waals surface area contributed by atoms with Crippen LogP contribution in [0.5, 0.6) is 0 Å². The zero-order chi connectivity index (χ0) is 23.8. The lowest BCUT2D eigenvalue weighted by atomic mass is 10.1. The van der Waals surface area contributed by atoms with Gasteiger partial charge in [0.15, 0.2) is 16.6 Å². The van der Waals surface area contributed by atoms with Gasteiger partial charge in [-0.3, -0.25) is 14.4 Å². The second-order valence-electron chi connectivity index (χ2n) is 11.3. The molecule has 2 rings (SSSR count). The van der Waals surface area contributed by atoms with E-state index in [1.165, 1.54) is 0 Å². The molecular formula is C23H39NO5Si2. The van der Waals surface area contributed by atoms with E-state index in [0.717, 1.165) is 5.06 Å². The van der Waals surface area contributed by atoms with Gasteiger partial charge in [0.25, 0.3) is 11.8 Å². The molecule has 0 aliphatic carbocycles. The quantitative estimate of drug-likeness (QED) is 0.368. The van der Waals surface area contributed by atoms with Crippen LogP contribution in [-0.4, -0.2) is 52.8 Å². The van der Waals surface area contributed by atoms with Gasteiger partial charge in [-0.05, 0) is 48.4 Å². The van der Waals surface area contributed by atoms with Gasteiger partial charge in [0.1, 0.15) is 6.10 Å². The first-order valence-electron chi connectivity index (χ1n) is 10.9. The fourth-order valence-electron chi connectivity index (χ4n) is 2.56. The highest BCUT2D eigenvalue weighted by Crippen LogP contribution is 2.38. The van der Waals surface area contributed by atoms with Crippen LogP contribution in [0.15, 0.2) is 24.3 Å². The molecule has 0 saturated heterocycles. The Morgan fingerprint density at radius 2 is 1.13 bits per heavy atom. The third-order valence-corrected chi connectivity index (χ3v) is 15.9. The molecule has 0 bridgehead atoms. The SMILES string of the molecule is CC(C)(C)[Si](C)(C)OCC(CO[Si](C)(C)C(C)(C)C)ON1C(=O)c2ccccc2C1=O. The van der Waals surface area contributed by atoms with Crippen LogP contribution >= 0.6 is 0 Å². The maximum absolute atomic E-state index is 12.8. The van der Waals surface area contributed by atoms with Crippen molar-refractivity contribution in [3.63, 3.8) is 0 Å². The number of benzene rings is 1. The van der Waals surface area contributed by atoms with Gasteiger partial charge in [-0.25, -0.2) is 0 Å². The molecule has 1 aromatic carbocycles. The average molecular weight is 466 g/mol. The van der Waals surface area contributed by atoms with Gasteiger partial charge in [0.05, 0.1) is 24.3 Å². The molecule has 0 radical (unpaired) electrons. The van der Waals surface area contributed by atoms with Crippen LogP contribution in [0.1, 0.15) is 62.3 Å². The van der Waals surface area contributed by atoms with Crippen molar-refractivity contribution in [1.29, 1.82) is 0 Å². The zero-order valence-electron chi connectivity index (χ0n) is 20.8. The molecule has 0 unspecified atom stereocenters. The number of carbonyl (C=O) groups is 2. The minimum atomic E-state index is -2.05. The van der Waals surface area contributed by atoms with Crippen molar-refractivity contribution < 1.29 is 23.3 Å². The summed E-state index contributed by atoms with van der Waals surface area (Å²) in [5.74, 6) is -0.879. The summed E-state index contributed by atoms with van der Waals surface area (Å²) in [6, 6.07) is 6.77. The van der Waals surface area contributed by atoms with E-state index in [1.807, 2.05) is 0 Å². The topological polar surface area (TPSA) is 65.1 Å².